The average Bonchev–Trinajstić information content (AvgIpc) is 2.23. The fourth-order valence-corrected chi connectivity index (χ4v) is 0.947. The molecule has 5 heteroatoms. The van der Waals surface area contributed by atoms with Crippen LogP contribution in [-0.2, 0) is 18.9 Å². The zero-order valence-electron chi connectivity index (χ0n) is 9.58. The van der Waals surface area contributed by atoms with Crippen LogP contribution < -0.4 is 0 Å². The van der Waals surface area contributed by atoms with Crippen LogP contribution in [0.4, 0.5) is 0 Å². The Bertz CT molecular complexity index is 174. The number of hydrogen-bond acceptors (Lipinski definition) is 4. The van der Waals surface area contributed by atoms with Gasteiger partial charge in [0, 0.05) is 12.8 Å². The average molecular weight is 214 g/mol. The van der Waals surface area contributed by atoms with Crippen LogP contribution in [0.5, 0.6) is 0 Å². The first kappa shape index (κ1) is 14.0. The van der Waals surface area contributed by atoms with Crippen LogP contribution >= 0.6 is 0 Å². The predicted molar refractivity (Wildman–Crippen MR) is 58.4 cm³/mol. The van der Waals surface area contributed by atoms with E-state index in [1.807, 2.05) is 13.8 Å². The van der Waals surface area contributed by atoms with Crippen LogP contribution in [-0.4, -0.2) is 19.6 Å². The van der Waals surface area contributed by atoms with Crippen molar-refractivity contribution in [3.8, 4) is 0 Å². The van der Waals surface area contributed by atoms with Gasteiger partial charge in [0.05, 0.1) is 0 Å². The molecular weight excluding hydrogens is 195 g/mol. The fourth-order valence-electron chi connectivity index (χ4n) is 0.947. The molecule has 0 atom stereocenters. The maximum absolute atomic E-state index is 11.0. The van der Waals surface area contributed by atoms with E-state index >= 15 is 0 Å². The molecule has 0 saturated heterocycles. The van der Waals surface area contributed by atoms with Crippen molar-refractivity contribution in [1.82, 2.24) is 0 Å². The van der Waals surface area contributed by atoms with E-state index in [4.69, 9.17) is 9.31 Å². The Hall–Kier alpha value is -0.995. The predicted octanol–water partition coefficient (Wildman–Crippen LogP) is 1.72. The Morgan fingerprint density at radius 1 is 0.933 bits per heavy atom. The van der Waals surface area contributed by atoms with Gasteiger partial charge in [0.1, 0.15) is 0 Å². The summed E-state index contributed by atoms with van der Waals surface area (Å²) in [7, 11) is -0.245. The summed E-state index contributed by atoms with van der Waals surface area (Å²) < 4.78 is 9.43. The standard InChI is InChI=1S/C10H19BO4/c1-3-5-7-9(12)14-11-15-10(13)8-6-4-2/h11H,3-8H2,1-2H3. The van der Waals surface area contributed by atoms with Gasteiger partial charge in [-0.05, 0) is 12.8 Å². The molecule has 0 aromatic carbocycles. The molecule has 0 amide bonds. The van der Waals surface area contributed by atoms with Crippen LogP contribution in [0.1, 0.15) is 52.4 Å². The summed E-state index contributed by atoms with van der Waals surface area (Å²) >= 11 is 0. The van der Waals surface area contributed by atoms with Crippen LogP contribution in [0, 0.1) is 0 Å². The third kappa shape index (κ3) is 9.31. The monoisotopic (exact) mass is 214 g/mol. The van der Waals surface area contributed by atoms with E-state index in [-0.39, 0.29) is 19.6 Å². The van der Waals surface area contributed by atoms with Crippen LogP contribution in [0.3, 0.4) is 0 Å². The molecule has 0 saturated carbocycles. The quantitative estimate of drug-likeness (QED) is 0.577. The molecule has 4 nitrogen and oxygen atoms in total. The first-order valence-electron chi connectivity index (χ1n) is 5.52. The van der Waals surface area contributed by atoms with Crippen molar-refractivity contribution in [3.05, 3.63) is 0 Å². The summed E-state index contributed by atoms with van der Waals surface area (Å²) in [4.78, 5) is 22.0. The second kappa shape index (κ2) is 9.56. The van der Waals surface area contributed by atoms with Gasteiger partial charge in [-0.2, -0.15) is 0 Å². The molecule has 0 spiro atoms. The summed E-state index contributed by atoms with van der Waals surface area (Å²) in [6.45, 7) is 4.00. The molecule has 0 aliphatic carbocycles. The molecule has 0 N–H and O–H groups in total. The minimum atomic E-state index is -0.305. The Kier molecular flexibility index (Phi) is 8.92. The second-order valence-electron chi connectivity index (χ2n) is 3.36. The molecule has 0 rings (SSSR count). The molecule has 0 unspecified atom stereocenters. The van der Waals surface area contributed by atoms with E-state index in [0.717, 1.165) is 25.7 Å². The molecular formula is C10H19BO4. The summed E-state index contributed by atoms with van der Waals surface area (Å²) in [5.74, 6) is -0.611. The van der Waals surface area contributed by atoms with Crippen molar-refractivity contribution in [1.29, 1.82) is 0 Å². The van der Waals surface area contributed by atoms with Gasteiger partial charge < -0.3 is 9.31 Å². The zero-order valence-corrected chi connectivity index (χ0v) is 9.58. The zero-order chi connectivity index (χ0) is 11.5. The highest BCUT2D eigenvalue weighted by molar-refractivity contribution is 6.25. The first-order valence-corrected chi connectivity index (χ1v) is 5.52. The first-order chi connectivity index (χ1) is 7.20. The molecule has 0 heterocycles. The van der Waals surface area contributed by atoms with Crippen molar-refractivity contribution < 1.29 is 18.9 Å². The van der Waals surface area contributed by atoms with Gasteiger partial charge in [-0.1, -0.05) is 26.7 Å². The van der Waals surface area contributed by atoms with Gasteiger partial charge in [0.2, 0.25) is 0 Å². The van der Waals surface area contributed by atoms with Gasteiger partial charge in [-0.25, -0.2) is 0 Å². The highest BCUT2D eigenvalue weighted by Crippen LogP contribution is 1.98. The lowest BCUT2D eigenvalue weighted by atomic mass is 10.2. The smallest absolute Gasteiger partial charge is 0.502 e. The van der Waals surface area contributed by atoms with Crippen molar-refractivity contribution in [3.63, 3.8) is 0 Å². The van der Waals surface area contributed by atoms with Gasteiger partial charge in [-0.15, -0.1) is 0 Å². The minimum Gasteiger partial charge on any atom is -0.502 e. The Labute approximate surface area is 91.6 Å². The summed E-state index contributed by atoms with van der Waals surface area (Å²) in [6.07, 6.45) is 4.30. The third-order valence-corrected chi connectivity index (χ3v) is 1.91. The lowest BCUT2D eigenvalue weighted by molar-refractivity contribution is -0.139. The molecule has 86 valence electrons. The van der Waals surface area contributed by atoms with Gasteiger partial charge in [0.25, 0.3) is 11.9 Å². The Balaban J connectivity index is 3.36. The van der Waals surface area contributed by atoms with E-state index in [0.29, 0.717) is 12.8 Å². The fraction of sp³-hybridized carbons (Fsp3) is 0.800. The highest BCUT2D eigenvalue weighted by atomic mass is 16.6. The number of rotatable bonds is 8. The minimum absolute atomic E-state index is 0.245. The van der Waals surface area contributed by atoms with Crippen molar-refractivity contribution in [2.24, 2.45) is 0 Å². The molecule has 0 radical (unpaired) electrons. The van der Waals surface area contributed by atoms with E-state index in [2.05, 4.69) is 0 Å². The molecule has 15 heavy (non-hydrogen) atoms. The number of carbonyl (C=O) groups excluding carboxylic acids is 2. The van der Waals surface area contributed by atoms with Crippen molar-refractivity contribution >= 4 is 19.6 Å². The van der Waals surface area contributed by atoms with Crippen LogP contribution in [0.15, 0.2) is 0 Å². The van der Waals surface area contributed by atoms with E-state index in [1.54, 1.807) is 0 Å². The topological polar surface area (TPSA) is 52.6 Å². The molecule has 0 aliphatic heterocycles. The highest BCUT2D eigenvalue weighted by Gasteiger charge is 2.07. The van der Waals surface area contributed by atoms with E-state index in [1.165, 1.54) is 0 Å². The SMILES string of the molecule is CCCCC(=O)OBOC(=O)CCCC. The summed E-state index contributed by atoms with van der Waals surface area (Å²) in [5.41, 5.74) is 0. The van der Waals surface area contributed by atoms with Gasteiger partial charge >= 0.3 is 7.69 Å². The van der Waals surface area contributed by atoms with Crippen molar-refractivity contribution in [2.45, 2.75) is 52.4 Å². The van der Waals surface area contributed by atoms with E-state index < -0.39 is 0 Å². The second-order valence-corrected chi connectivity index (χ2v) is 3.36. The molecule has 0 fully saturated rings. The lowest BCUT2D eigenvalue weighted by Crippen LogP contribution is -2.15. The summed E-state index contributed by atoms with van der Waals surface area (Å²) in [5, 5.41) is 0. The number of unbranched alkanes of at least 4 members (excludes halogenated alkanes) is 2. The maximum atomic E-state index is 11.0. The summed E-state index contributed by atoms with van der Waals surface area (Å²) in [6, 6.07) is 0. The van der Waals surface area contributed by atoms with Crippen molar-refractivity contribution in [2.75, 3.05) is 0 Å². The van der Waals surface area contributed by atoms with Crippen LogP contribution in [0.25, 0.3) is 0 Å². The van der Waals surface area contributed by atoms with Gasteiger partial charge in [0.15, 0.2) is 0 Å². The van der Waals surface area contributed by atoms with Gasteiger partial charge in [-0.3, -0.25) is 9.59 Å². The Morgan fingerprint density at radius 2 is 1.33 bits per heavy atom. The Morgan fingerprint density at radius 3 is 1.67 bits per heavy atom. The lowest BCUT2D eigenvalue weighted by Gasteiger charge is -2.04. The third-order valence-electron chi connectivity index (χ3n) is 1.91. The molecule has 0 bridgehead atoms. The van der Waals surface area contributed by atoms with E-state index in [9.17, 15) is 9.59 Å². The number of carbonyl (C=O) groups is 2. The van der Waals surface area contributed by atoms with Crippen LogP contribution in [0.2, 0.25) is 0 Å². The largest absolute Gasteiger partial charge is 0.580 e. The normalized spacial score (nSPS) is 9.47. The number of hydrogen-bond donors (Lipinski definition) is 0. The molecule has 0 aliphatic rings. The molecule has 0 aromatic rings. The maximum Gasteiger partial charge on any atom is 0.580 e. The molecule has 0 aromatic heterocycles.